The standard InChI is InChI=1S/C22H30O2/c1-5-21(23-7-3,19-15-11-9-12-16-19)22(6-2,24-8-4)20-17-13-10-14-18-20/h9-18H,5-8H2,1-4H3. The Morgan fingerprint density at radius 2 is 0.917 bits per heavy atom. The minimum Gasteiger partial charge on any atom is -0.367 e. The Morgan fingerprint density at radius 3 is 1.17 bits per heavy atom. The van der Waals surface area contributed by atoms with Crippen molar-refractivity contribution in [2.75, 3.05) is 13.2 Å². The van der Waals surface area contributed by atoms with Crippen LogP contribution in [-0.4, -0.2) is 13.2 Å². The van der Waals surface area contributed by atoms with Crippen LogP contribution in [0.15, 0.2) is 60.7 Å². The molecule has 0 aliphatic carbocycles. The molecule has 2 heteroatoms. The molecule has 0 fully saturated rings. The summed E-state index contributed by atoms with van der Waals surface area (Å²) in [4.78, 5) is 0. The van der Waals surface area contributed by atoms with Gasteiger partial charge in [0.05, 0.1) is 0 Å². The van der Waals surface area contributed by atoms with E-state index in [2.05, 4.69) is 76.2 Å². The van der Waals surface area contributed by atoms with Crippen LogP contribution in [0.2, 0.25) is 0 Å². The molecule has 0 saturated carbocycles. The normalized spacial score (nSPS) is 16.3. The van der Waals surface area contributed by atoms with Gasteiger partial charge in [0.25, 0.3) is 0 Å². The third kappa shape index (κ3) is 3.13. The lowest BCUT2D eigenvalue weighted by Gasteiger charge is -2.50. The number of rotatable bonds is 9. The van der Waals surface area contributed by atoms with Crippen molar-refractivity contribution in [3.05, 3.63) is 71.8 Å². The lowest BCUT2D eigenvalue weighted by Crippen LogP contribution is -2.52. The second kappa shape index (κ2) is 8.46. The SMILES string of the molecule is CCOC(CC)(c1ccccc1)C(CC)(OCC)c1ccccc1. The van der Waals surface area contributed by atoms with E-state index in [1.54, 1.807) is 0 Å². The molecule has 24 heavy (non-hydrogen) atoms. The van der Waals surface area contributed by atoms with E-state index in [9.17, 15) is 0 Å². The molecule has 0 aromatic heterocycles. The summed E-state index contributed by atoms with van der Waals surface area (Å²) in [6.07, 6.45) is 1.68. The van der Waals surface area contributed by atoms with Crippen LogP contribution in [0.4, 0.5) is 0 Å². The van der Waals surface area contributed by atoms with Crippen molar-refractivity contribution in [3.8, 4) is 0 Å². The molecule has 2 aromatic rings. The molecule has 0 amide bonds. The van der Waals surface area contributed by atoms with Crippen LogP contribution < -0.4 is 0 Å². The summed E-state index contributed by atoms with van der Waals surface area (Å²) in [6.45, 7) is 9.79. The quantitative estimate of drug-likeness (QED) is 0.591. The van der Waals surface area contributed by atoms with Crippen LogP contribution in [0, 0.1) is 0 Å². The maximum Gasteiger partial charge on any atom is 0.126 e. The molecule has 0 saturated heterocycles. The van der Waals surface area contributed by atoms with Gasteiger partial charge in [0.1, 0.15) is 11.2 Å². The van der Waals surface area contributed by atoms with Gasteiger partial charge >= 0.3 is 0 Å². The van der Waals surface area contributed by atoms with E-state index in [1.165, 1.54) is 11.1 Å². The number of benzene rings is 2. The molecule has 2 unspecified atom stereocenters. The second-order valence-corrected chi connectivity index (χ2v) is 5.96. The van der Waals surface area contributed by atoms with Gasteiger partial charge in [0, 0.05) is 13.2 Å². The summed E-state index contributed by atoms with van der Waals surface area (Å²) >= 11 is 0. The maximum absolute atomic E-state index is 6.50. The fourth-order valence-electron chi connectivity index (χ4n) is 3.96. The first kappa shape index (κ1) is 18.7. The fourth-order valence-corrected chi connectivity index (χ4v) is 3.96. The molecule has 130 valence electrons. The van der Waals surface area contributed by atoms with Gasteiger partial charge in [-0.15, -0.1) is 0 Å². The highest BCUT2D eigenvalue weighted by atomic mass is 16.6. The zero-order valence-electron chi connectivity index (χ0n) is 15.4. The zero-order valence-corrected chi connectivity index (χ0v) is 15.4. The molecule has 0 spiro atoms. The second-order valence-electron chi connectivity index (χ2n) is 5.96. The van der Waals surface area contributed by atoms with Crippen molar-refractivity contribution < 1.29 is 9.47 Å². The summed E-state index contributed by atoms with van der Waals surface area (Å²) in [7, 11) is 0. The van der Waals surface area contributed by atoms with Gasteiger partial charge in [0.15, 0.2) is 0 Å². The van der Waals surface area contributed by atoms with E-state index in [-0.39, 0.29) is 0 Å². The maximum atomic E-state index is 6.50. The van der Waals surface area contributed by atoms with E-state index < -0.39 is 11.2 Å². The van der Waals surface area contributed by atoms with Gasteiger partial charge < -0.3 is 9.47 Å². The van der Waals surface area contributed by atoms with Crippen LogP contribution in [0.3, 0.4) is 0 Å². The lowest BCUT2D eigenvalue weighted by atomic mass is 9.69. The Labute approximate surface area is 146 Å². The van der Waals surface area contributed by atoms with Crippen LogP contribution in [-0.2, 0) is 20.7 Å². The van der Waals surface area contributed by atoms with Crippen molar-refractivity contribution >= 4 is 0 Å². The smallest absolute Gasteiger partial charge is 0.126 e. The van der Waals surface area contributed by atoms with Crippen molar-refractivity contribution in [2.24, 2.45) is 0 Å². The van der Waals surface area contributed by atoms with E-state index in [0.29, 0.717) is 13.2 Å². The summed E-state index contributed by atoms with van der Waals surface area (Å²) in [5.41, 5.74) is 1.31. The Bertz CT molecular complexity index is 540. The molecule has 0 aliphatic rings. The van der Waals surface area contributed by atoms with Crippen LogP contribution in [0.25, 0.3) is 0 Å². The molecule has 2 nitrogen and oxygen atoms in total. The summed E-state index contributed by atoms with van der Waals surface area (Å²) in [5.74, 6) is 0. The highest BCUT2D eigenvalue weighted by Crippen LogP contribution is 2.50. The van der Waals surface area contributed by atoms with Gasteiger partial charge in [-0.3, -0.25) is 0 Å². The molecule has 2 aromatic carbocycles. The highest BCUT2D eigenvalue weighted by Gasteiger charge is 2.53. The summed E-state index contributed by atoms with van der Waals surface area (Å²) in [5, 5.41) is 0. The molecule has 0 heterocycles. The molecule has 0 radical (unpaired) electrons. The Balaban J connectivity index is 2.74. The first-order valence-electron chi connectivity index (χ1n) is 9.09. The average Bonchev–Trinajstić information content (AvgIpc) is 2.66. The molecule has 0 aliphatic heterocycles. The molecular weight excluding hydrogens is 296 g/mol. The third-order valence-electron chi connectivity index (χ3n) is 4.91. The molecule has 2 atom stereocenters. The van der Waals surface area contributed by atoms with E-state index >= 15 is 0 Å². The Hall–Kier alpha value is -1.64. The topological polar surface area (TPSA) is 18.5 Å². The van der Waals surface area contributed by atoms with Gasteiger partial charge in [-0.1, -0.05) is 74.5 Å². The van der Waals surface area contributed by atoms with Crippen molar-refractivity contribution in [1.82, 2.24) is 0 Å². The third-order valence-corrected chi connectivity index (χ3v) is 4.91. The summed E-state index contributed by atoms with van der Waals surface area (Å²) in [6, 6.07) is 21.0. The zero-order chi connectivity index (χ0) is 17.5. The molecular formula is C22H30O2. The van der Waals surface area contributed by atoms with Gasteiger partial charge in [0.2, 0.25) is 0 Å². The van der Waals surface area contributed by atoms with Crippen LogP contribution in [0.5, 0.6) is 0 Å². The highest BCUT2D eigenvalue weighted by molar-refractivity contribution is 5.34. The van der Waals surface area contributed by atoms with Crippen molar-refractivity contribution in [1.29, 1.82) is 0 Å². The van der Waals surface area contributed by atoms with Crippen molar-refractivity contribution in [3.63, 3.8) is 0 Å². The Morgan fingerprint density at radius 1 is 0.583 bits per heavy atom. The largest absolute Gasteiger partial charge is 0.367 e. The monoisotopic (exact) mass is 326 g/mol. The van der Waals surface area contributed by atoms with Gasteiger partial charge in [-0.25, -0.2) is 0 Å². The van der Waals surface area contributed by atoms with E-state index in [4.69, 9.17) is 9.47 Å². The van der Waals surface area contributed by atoms with E-state index in [0.717, 1.165) is 12.8 Å². The predicted octanol–water partition coefficient (Wildman–Crippen LogP) is 5.67. The molecule has 0 N–H and O–H groups in total. The molecule has 2 rings (SSSR count). The minimum absolute atomic E-state index is 0.519. The van der Waals surface area contributed by atoms with Gasteiger partial charge in [-0.05, 0) is 37.8 Å². The number of hydrogen-bond acceptors (Lipinski definition) is 2. The van der Waals surface area contributed by atoms with E-state index in [1.807, 2.05) is 12.1 Å². The van der Waals surface area contributed by atoms with Gasteiger partial charge in [-0.2, -0.15) is 0 Å². The fraction of sp³-hybridized carbons (Fsp3) is 0.455. The van der Waals surface area contributed by atoms with Crippen LogP contribution in [0.1, 0.15) is 51.7 Å². The number of ether oxygens (including phenoxy) is 2. The minimum atomic E-state index is -0.519. The first-order chi connectivity index (χ1) is 11.7. The first-order valence-corrected chi connectivity index (χ1v) is 9.09. The van der Waals surface area contributed by atoms with Crippen molar-refractivity contribution in [2.45, 2.75) is 51.7 Å². The number of hydrogen-bond donors (Lipinski definition) is 0. The predicted molar refractivity (Wildman–Crippen MR) is 100 cm³/mol. The lowest BCUT2D eigenvalue weighted by molar-refractivity contribution is -0.224. The molecule has 0 bridgehead atoms. The Kier molecular flexibility index (Phi) is 6.59. The van der Waals surface area contributed by atoms with Crippen LogP contribution >= 0.6 is 0 Å². The summed E-state index contributed by atoms with van der Waals surface area (Å²) < 4.78 is 13.0. The average molecular weight is 326 g/mol.